The van der Waals surface area contributed by atoms with Gasteiger partial charge in [0.2, 0.25) is 0 Å². The third-order valence-corrected chi connectivity index (χ3v) is 2.05. The average Bonchev–Trinajstić information content (AvgIpc) is 2.34. The van der Waals surface area contributed by atoms with Gasteiger partial charge in [-0.3, -0.25) is 0 Å². The zero-order valence-corrected chi connectivity index (χ0v) is 10.6. The predicted molar refractivity (Wildman–Crippen MR) is 67.5 cm³/mol. The van der Waals surface area contributed by atoms with Crippen molar-refractivity contribution in [3.05, 3.63) is 41.4 Å². The van der Waals surface area contributed by atoms with Crippen LogP contribution in [0.4, 0.5) is 0 Å². The van der Waals surface area contributed by atoms with Crippen molar-refractivity contribution in [2.45, 2.75) is 13.3 Å². The monoisotopic (exact) mass is 268 g/mol. The van der Waals surface area contributed by atoms with E-state index in [-0.39, 0.29) is 0 Å². The summed E-state index contributed by atoms with van der Waals surface area (Å²) in [6.07, 6.45) is 2.77. The Kier molecular flexibility index (Phi) is 5.94. The smallest absolute Gasteiger partial charge is 0.336 e. The van der Waals surface area contributed by atoms with Crippen LogP contribution in [0.2, 0.25) is 5.02 Å². The molecule has 1 aromatic rings. The van der Waals surface area contributed by atoms with Gasteiger partial charge in [0, 0.05) is 17.2 Å². The van der Waals surface area contributed by atoms with Crippen molar-refractivity contribution in [3.63, 3.8) is 0 Å². The van der Waals surface area contributed by atoms with Gasteiger partial charge in [-0.15, -0.1) is 0 Å². The van der Waals surface area contributed by atoms with Crippen LogP contribution in [0.15, 0.2) is 36.4 Å². The van der Waals surface area contributed by atoms with E-state index in [4.69, 9.17) is 21.1 Å². The minimum Gasteiger partial charge on any atom is -0.463 e. The van der Waals surface area contributed by atoms with Gasteiger partial charge < -0.3 is 9.47 Å². The number of ether oxygens (including phenoxy) is 2. The Hall–Kier alpha value is -1.81. The average molecular weight is 269 g/mol. The highest BCUT2D eigenvalue weighted by atomic mass is 35.5. The van der Waals surface area contributed by atoms with Gasteiger partial charge in [-0.05, 0) is 24.6 Å². The van der Waals surface area contributed by atoms with Gasteiger partial charge in [0.25, 0.3) is 0 Å². The zero-order chi connectivity index (χ0) is 13.4. The summed E-state index contributed by atoms with van der Waals surface area (Å²) < 4.78 is 9.69. The first-order valence-electron chi connectivity index (χ1n) is 5.44. The Morgan fingerprint density at radius 1 is 1.28 bits per heavy atom. The van der Waals surface area contributed by atoms with E-state index < -0.39 is 11.9 Å². The summed E-state index contributed by atoms with van der Waals surface area (Å²) in [5.74, 6) is -0.912. The third-order valence-electron chi connectivity index (χ3n) is 1.82. The number of halogens is 1. The van der Waals surface area contributed by atoms with E-state index >= 15 is 0 Å². The van der Waals surface area contributed by atoms with Gasteiger partial charge in [-0.25, -0.2) is 9.59 Å². The maximum Gasteiger partial charge on any atom is 0.336 e. The summed E-state index contributed by atoms with van der Waals surface area (Å²) in [5.41, 5.74) is 0. The van der Waals surface area contributed by atoms with Gasteiger partial charge in [0.05, 0.1) is 6.61 Å². The molecule has 0 unspecified atom stereocenters. The first-order chi connectivity index (χ1) is 8.61. The number of benzene rings is 1. The van der Waals surface area contributed by atoms with Crippen LogP contribution >= 0.6 is 11.6 Å². The molecular formula is C13H13ClO4. The molecule has 0 saturated heterocycles. The third kappa shape index (κ3) is 5.50. The molecule has 0 aliphatic rings. The Morgan fingerprint density at radius 2 is 2.00 bits per heavy atom. The summed E-state index contributed by atoms with van der Waals surface area (Å²) in [6.45, 7) is 2.21. The van der Waals surface area contributed by atoms with Crippen molar-refractivity contribution >= 4 is 23.5 Å². The van der Waals surface area contributed by atoms with Crippen molar-refractivity contribution < 1.29 is 19.1 Å². The van der Waals surface area contributed by atoms with E-state index in [1.807, 2.05) is 6.92 Å². The molecule has 1 aromatic carbocycles. The first kappa shape index (κ1) is 14.3. The Labute approximate surface area is 110 Å². The van der Waals surface area contributed by atoms with E-state index in [2.05, 4.69) is 0 Å². The van der Waals surface area contributed by atoms with Crippen LogP contribution in [0.5, 0.6) is 5.75 Å². The SMILES string of the molecule is CCCOC(=O)/C=C/C(=O)Oc1cccc(Cl)c1. The summed E-state index contributed by atoms with van der Waals surface area (Å²) in [4.78, 5) is 22.4. The number of rotatable bonds is 5. The largest absolute Gasteiger partial charge is 0.463 e. The fraction of sp³-hybridized carbons (Fsp3) is 0.231. The normalized spacial score (nSPS) is 10.3. The van der Waals surface area contributed by atoms with Crippen LogP contribution in [0, 0.1) is 0 Å². The lowest BCUT2D eigenvalue weighted by atomic mass is 10.3. The van der Waals surface area contributed by atoms with E-state index in [0.29, 0.717) is 17.4 Å². The van der Waals surface area contributed by atoms with Gasteiger partial charge in [-0.1, -0.05) is 24.6 Å². The maximum absolute atomic E-state index is 11.3. The second kappa shape index (κ2) is 7.50. The molecule has 0 heterocycles. The molecule has 96 valence electrons. The Morgan fingerprint density at radius 3 is 2.67 bits per heavy atom. The Balaban J connectivity index is 2.46. The van der Waals surface area contributed by atoms with Gasteiger partial charge in [-0.2, -0.15) is 0 Å². The van der Waals surface area contributed by atoms with Crippen LogP contribution in [-0.4, -0.2) is 18.5 Å². The molecule has 0 atom stereocenters. The molecule has 0 aliphatic heterocycles. The minimum absolute atomic E-state index is 0.319. The second-order valence-electron chi connectivity index (χ2n) is 3.38. The lowest BCUT2D eigenvalue weighted by molar-refractivity contribution is -0.138. The van der Waals surface area contributed by atoms with Crippen LogP contribution in [0.3, 0.4) is 0 Å². The quantitative estimate of drug-likeness (QED) is 0.468. The van der Waals surface area contributed by atoms with Crippen molar-refractivity contribution in [1.29, 1.82) is 0 Å². The minimum atomic E-state index is -0.661. The van der Waals surface area contributed by atoms with Crippen molar-refractivity contribution in [1.82, 2.24) is 0 Å². The summed E-state index contributed by atoms with van der Waals surface area (Å²) in [5, 5.41) is 0.464. The molecule has 4 nitrogen and oxygen atoms in total. The van der Waals surface area contributed by atoms with E-state index in [9.17, 15) is 9.59 Å². The summed E-state index contributed by atoms with van der Waals surface area (Å²) in [7, 11) is 0. The van der Waals surface area contributed by atoms with Crippen LogP contribution in [0.25, 0.3) is 0 Å². The number of hydrogen-bond acceptors (Lipinski definition) is 4. The van der Waals surface area contributed by atoms with Crippen LogP contribution in [-0.2, 0) is 14.3 Å². The molecule has 0 bridgehead atoms. The predicted octanol–water partition coefficient (Wildman–Crippen LogP) is 2.75. The first-order valence-corrected chi connectivity index (χ1v) is 5.82. The molecular weight excluding hydrogens is 256 g/mol. The Bertz CT molecular complexity index is 454. The molecule has 0 amide bonds. The molecule has 0 spiro atoms. The molecule has 0 aliphatic carbocycles. The number of esters is 2. The fourth-order valence-corrected chi connectivity index (χ4v) is 1.25. The lowest BCUT2D eigenvalue weighted by Gasteiger charge is -2.01. The zero-order valence-electron chi connectivity index (χ0n) is 9.89. The standard InChI is InChI=1S/C13H13ClO4/c1-2-8-17-12(15)6-7-13(16)18-11-5-3-4-10(14)9-11/h3-7,9H,2,8H2,1H3/b7-6+. The van der Waals surface area contributed by atoms with E-state index in [1.54, 1.807) is 18.2 Å². The highest BCUT2D eigenvalue weighted by Crippen LogP contribution is 2.17. The van der Waals surface area contributed by atoms with Crippen molar-refractivity contribution in [3.8, 4) is 5.75 Å². The topological polar surface area (TPSA) is 52.6 Å². The van der Waals surface area contributed by atoms with Gasteiger partial charge in [0.1, 0.15) is 5.75 Å². The van der Waals surface area contributed by atoms with Gasteiger partial charge in [0.15, 0.2) is 0 Å². The highest BCUT2D eigenvalue weighted by molar-refractivity contribution is 6.30. The van der Waals surface area contributed by atoms with E-state index in [1.165, 1.54) is 6.07 Å². The molecule has 1 rings (SSSR count). The van der Waals surface area contributed by atoms with Gasteiger partial charge >= 0.3 is 11.9 Å². The maximum atomic E-state index is 11.3. The summed E-state index contributed by atoms with van der Waals surface area (Å²) in [6, 6.07) is 6.41. The molecule has 0 saturated carbocycles. The summed E-state index contributed by atoms with van der Waals surface area (Å²) >= 11 is 5.73. The highest BCUT2D eigenvalue weighted by Gasteiger charge is 2.02. The van der Waals surface area contributed by atoms with Crippen LogP contribution < -0.4 is 4.74 Å². The number of carbonyl (C=O) groups excluding carboxylic acids is 2. The fourth-order valence-electron chi connectivity index (χ4n) is 1.07. The number of hydrogen-bond donors (Lipinski definition) is 0. The number of carbonyl (C=O) groups is 2. The molecule has 0 N–H and O–H groups in total. The molecule has 0 fully saturated rings. The molecule has 5 heteroatoms. The molecule has 18 heavy (non-hydrogen) atoms. The molecule has 0 radical (unpaired) electrons. The van der Waals surface area contributed by atoms with Crippen molar-refractivity contribution in [2.24, 2.45) is 0 Å². The second-order valence-corrected chi connectivity index (χ2v) is 3.82. The lowest BCUT2D eigenvalue weighted by Crippen LogP contribution is -2.06. The van der Waals surface area contributed by atoms with Crippen LogP contribution in [0.1, 0.15) is 13.3 Å². The van der Waals surface area contributed by atoms with Crippen molar-refractivity contribution in [2.75, 3.05) is 6.61 Å². The molecule has 0 aromatic heterocycles. The van der Waals surface area contributed by atoms with E-state index in [0.717, 1.165) is 18.6 Å².